The zero-order valence-corrected chi connectivity index (χ0v) is 15.0. The topological polar surface area (TPSA) is 61.9 Å². The summed E-state index contributed by atoms with van der Waals surface area (Å²) in [6.07, 6.45) is 1.46. The number of benzene rings is 2. The van der Waals surface area contributed by atoms with E-state index in [1.165, 1.54) is 21.4 Å². The Morgan fingerprint density at radius 2 is 2.00 bits per heavy atom. The Kier molecular flexibility index (Phi) is 4.37. The molecule has 0 aliphatic heterocycles. The van der Waals surface area contributed by atoms with Crippen LogP contribution in [-0.4, -0.2) is 26.2 Å². The van der Waals surface area contributed by atoms with E-state index in [9.17, 15) is 9.18 Å². The molecular weight excluding hydrogens is 371 g/mol. The van der Waals surface area contributed by atoms with Crippen molar-refractivity contribution in [1.82, 2.24) is 19.1 Å². The summed E-state index contributed by atoms with van der Waals surface area (Å²) in [5, 5.41) is 0.0159. The quantitative estimate of drug-likeness (QED) is 0.506. The van der Waals surface area contributed by atoms with Crippen LogP contribution >= 0.6 is 11.6 Å². The van der Waals surface area contributed by atoms with Gasteiger partial charge in [0.05, 0.1) is 25.5 Å². The predicted octanol–water partition coefficient (Wildman–Crippen LogP) is 3.43. The van der Waals surface area contributed by atoms with Gasteiger partial charge in [-0.2, -0.15) is 4.98 Å². The Hall–Kier alpha value is -3.19. The number of hydrogen-bond acceptors (Lipinski definition) is 4. The van der Waals surface area contributed by atoms with E-state index in [0.29, 0.717) is 28.2 Å². The van der Waals surface area contributed by atoms with E-state index in [1.807, 2.05) is 0 Å². The number of imidazole rings is 1. The van der Waals surface area contributed by atoms with E-state index in [4.69, 9.17) is 16.3 Å². The number of hydrogen-bond donors (Lipinski definition) is 0. The standard InChI is InChI=1S/C19H14ClFN4O2/c1-27-14-7-4-6-13(9-14)25-17-16(10-22-18(20)23-17)24(19(25)26)11-12-5-2-3-8-15(12)21/h2-10H,11H2,1H3. The highest BCUT2D eigenvalue weighted by atomic mass is 35.5. The third-order valence-corrected chi connectivity index (χ3v) is 4.43. The fourth-order valence-electron chi connectivity index (χ4n) is 2.95. The third-order valence-electron chi connectivity index (χ3n) is 4.24. The van der Waals surface area contributed by atoms with Gasteiger partial charge in [-0.3, -0.25) is 4.57 Å². The lowest BCUT2D eigenvalue weighted by Crippen LogP contribution is -2.24. The number of methoxy groups -OCH3 is 1. The fraction of sp³-hybridized carbons (Fsp3) is 0.105. The van der Waals surface area contributed by atoms with Gasteiger partial charge in [-0.1, -0.05) is 24.3 Å². The summed E-state index contributed by atoms with van der Waals surface area (Å²) < 4.78 is 22.2. The minimum absolute atomic E-state index is 0.0159. The van der Waals surface area contributed by atoms with Crippen molar-refractivity contribution in [1.29, 1.82) is 0 Å². The molecule has 136 valence electrons. The van der Waals surface area contributed by atoms with Gasteiger partial charge < -0.3 is 4.74 Å². The molecule has 2 aromatic carbocycles. The molecule has 0 unspecified atom stereocenters. The molecule has 0 spiro atoms. The maximum atomic E-state index is 14.1. The average Bonchev–Trinajstić information content (AvgIpc) is 2.94. The van der Waals surface area contributed by atoms with Gasteiger partial charge in [0.15, 0.2) is 5.65 Å². The van der Waals surface area contributed by atoms with Crippen molar-refractivity contribution < 1.29 is 9.13 Å². The van der Waals surface area contributed by atoms with Gasteiger partial charge in [-0.05, 0) is 29.8 Å². The van der Waals surface area contributed by atoms with E-state index in [-0.39, 0.29) is 23.3 Å². The first kappa shape index (κ1) is 17.2. The maximum Gasteiger partial charge on any atom is 0.335 e. The van der Waals surface area contributed by atoms with Crippen LogP contribution in [0.1, 0.15) is 5.56 Å². The number of rotatable bonds is 4. The molecule has 0 saturated heterocycles. The van der Waals surface area contributed by atoms with Crippen molar-refractivity contribution in [2.75, 3.05) is 7.11 Å². The Labute approximate surface area is 158 Å². The van der Waals surface area contributed by atoms with Crippen LogP contribution < -0.4 is 10.4 Å². The molecule has 0 amide bonds. The lowest BCUT2D eigenvalue weighted by molar-refractivity contribution is 0.414. The molecule has 0 aliphatic rings. The molecule has 4 aromatic rings. The van der Waals surface area contributed by atoms with Crippen LogP contribution in [-0.2, 0) is 6.54 Å². The summed E-state index contributed by atoms with van der Waals surface area (Å²) in [4.78, 5) is 21.4. The predicted molar refractivity (Wildman–Crippen MR) is 100 cm³/mol. The normalized spacial score (nSPS) is 11.1. The largest absolute Gasteiger partial charge is 0.497 e. The molecule has 0 bridgehead atoms. The lowest BCUT2D eigenvalue weighted by atomic mass is 10.2. The molecule has 2 aromatic heterocycles. The maximum absolute atomic E-state index is 14.1. The molecule has 2 heterocycles. The van der Waals surface area contributed by atoms with E-state index < -0.39 is 0 Å². The van der Waals surface area contributed by atoms with Gasteiger partial charge in [0, 0.05) is 11.6 Å². The molecule has 6 nitrogen and oxygen atoms in total. The van der Waals surface area contributed by atoms with Crippen LogP contribution in [0.3, 0.4) is 0 Å². The summed E-state index contributed by atoms with van der Waals surface area (Å²) >= 11 is 5.95. The van der Waals surface area contributed by atoms with Gasteiger partial charge in [0.2, 0.25) is 5.28 Å². The number of nitrogens with zero attached hydrogens (tertiary/aromatic N) is 4. The highest BCUT2D eigenvalue weighted by Crippen LogP contribution is 2.21. The molecule has 0 atom stereocenters. The molecule has 27 heavy (non-hydrogen) atoms. The van der Waals surface area contributed by atoms with Crippen molar-refractivity contribution in [3.8, 4) is 11.4 Å². The SMILES string of the molecule is COc1cccc(-n2c(=O)n(Cc3ccccc3F)c3cnc(Cl)nc32)c1. The summed E-state index contributed by atoms with van der Waals surface area (Å²) in [6.45, 7) is 0.0456. The summed E-state index contributed by atoms with van der Waals surface area (Å²) in [5.41, 5.74) is 1.36. The minimum atomic E-state index is -0.387. The number of ether oxygens (including phenoxy) is 1. The van der Waals surface area contributed by atoms with Gasteiger partial charge >= 0.3 is 5.69 Å². The summed E-state index contributed by atoms with van der Waals surface area (Å²) in [7, 11) is 1.54. The van der Waals surface area contributed by atoms with Gasteiger partial charge in [0.25, 0.3) is 0 Å². The average molecular weight is 385 g/mol. The number of aromatic nitrogens is 4. The van der Waals surface area contributed by atoms with Crippen molar-refractivity contribution >= 4 is 22.8 Å². The van der Waals surface area contributed by atoms with Crippen LogP contribution in [0.5, 0.6) is 5.75 Å². The van der Waals surface area contributed by atoms with Crippen LogP contribution in [0.25, 0.3) is 16.9 Å². The summed E-state index contributed by atoms with van der Waals surface area (Å²) in [5.74, 6) is 0.205. The second kappa shape index (κ2) is 6.85. The van der Waals surface area contributed by atoms with E-state index in [1.54, 1.807) is 49.6 Å². The first-order valence-electron chi connectivity index (χ1n) is 8.10. The van der Waals surface area contributed by atoms with Gasteiger partial charge in [-0.15, -0.1) is 0 Å². The van der Waals surface area contributed by atoms with E-state index in [2.05, 4.69) is 9.97 Å². The summed E-state index contributed by atoms with van der Waals surface area (Å²) in [6, 6.07) is 13.3. The molecular formula is C19H14ClFN4O2. The van der Waals surface area contributed by atoms with Crippen molar-refractivity contribution in [3.63, 3.8) is 0 Å². The second-order valence-electron chi connectivity index (χ2n) is 5.84. The zero-order chi connectivity index (χ0) is 19.0. The Morgan fingerprint density at radius 3 is 2.78 bits per heavy atom. The Morgan fingerprint density at radius 1 is 1.19 bits per heavy atom. The third kappa shape index (κ3) is 3.06. The molecule has 4 rings (SSSR count). The van der Waals surface area contributed by atoms with Gasteiger partial charge in [-0.25, -0.2) is 18.7 Å². The molecule has 8 heteroatoms. The molecule has 0 N–H and O–H groups in total. The smallest absolute Gasteiger partial charge is 0.335 e. The number of fused-ring (bicyclic) bond motifs is 1. The second-order valence-corrected chi connectivity index (χ2v) is 6.18. The van der Waals surface area contributed by atoms with Crippen LogP contribution in [0.15, 0.2) is 59.5 Å². The van der Waals surface area contributed by atoms with E-state index in [0.717, 1.165) is 0 Å². The van der Waals surface area contributed by atoms with Crippen LogP contribution in [0.2, 0.25) is 5.28 Å². The monoisotopic (exact) mass is 384 g/mol. The lowest BCUT2D eigenvalue weighted by Gasteiger charge is -2.05. The van der Waals surface area contributed by atoms with Crippen LogP contribution in [0, 0.1) is 5.82 Å². The molecule has 0 aliphatic carbocycles. The first-order chi connectivity index (χ1) is 13.1. The van der Waals surface area contributed by atoms with Crippen molar-refractivity contribution in [3.05, 3.63) is 81.9 Å². The minimum Gasteiger partial charge on any atom is -0.497 e. The Balaban J connectivity index is 1.97. The van der Waals surface area contributed by atoms with Crippen LogP contribution in [0.4, 0.5) is 4.39 Å². The highest BCUT2D eigenvalue weighted by Gasteiger charge is 2.18. The highest BCUT2D eigenvalue weighted by molar-refractivity contribution is 6.28. The molecule has 0 fully saturated rings. The fourth-order valence-corrected chi connectivity index (χ4v) is 3.08. The van der Waals surface area contributed by atoms with Crippen molar-refractivity contribution in [2.45, 2.75) is 6.54 Å². The van der Waals surface area contributed by atoms with Gasteiger partial charge in [0.1, 0.15) is 17.1 Å². The zero-order valence-electron chi connectivity index (χ0n) is 14.3. The van der Waals surface area contributed by atoms with E-state index >= 15 is 0 Å². The number of halogens is 2. The Bertz CT molecular complexity index is 1200. The first-order valence-corrected chi connectivity index (χ1v) is 8.48. The molecule has 0 radical (unpaired) electrons. The molecule has 0 saturated carbocycles. The van der Waals surface area contributed by atoms with Crippen molar-refractivity contribution in [2.24, 2.45) is 0 Å².